The summed E-state index contributed by atoms with van der Waals surface area (Å²) in [4.78, 5) is 26.1. The van der Waals surface area contributed by atoms with Crippen molar-refractivity contribution in [3.8, 4) is 5.69 Å². The molecule has 2 aromatic carbocycles. The topological polar surface area (TPSA) is 67.2 Å². The highest BCUT2D eigenvalue weighted by atomic mass is 79.9. The third-order valence-electron chi connectivity index (χ3n) is 4.33. The van der Waals surface area contributed by atoms with E-state index in [0.717, 1.165) is 27.0 Å². The van der Waals surface area contributed by atoms with Crippen LogP contribution in [0.5, 0.6) is 0 Å². The van der Waals surface area contributed by atoms with Gasteiger partial charge in [0.1, 0.15) is 0 Å². The SMILES string of the molecule is Cc1cc(Br)ccc1NC(=O)CN(C)C(=O)Cc1ccc(-n2cccn2)cc1. The van der Waals surface area contributed by atoms with Crippen LogP contribution in [0.2, 0.25) is 0 Å². The fraction of sp³-hybridized carbons (Fsp3) is 0.190. The van der Waals surface area contributed by atoms with E-state index in [1.54, 1.807) is 17.9 Å². The molecule has 0 fully saturated rings. The van der Waals surface area contributed by atoms with E-state index in [9.17, 15) is 9.59 Å². The zero-order chi connectivity index (χ0) is 20.1. The van der Waals surface area contributed by atoms with Crippen LogP contribution < -0.4 is 5.32 Å². The second-order valence-electron chi connectivity index (χ2n) is 6.55. The van der Waals surface area contributed by atoms with Crippen molar-refractivity contribution in [2.24, 2.45) is 0 Å². The van der Waals surface area contributed by atoms with Gasteiger partial charge in [-0.25, -0.2) is 4.68 Å². The Bertz CT molecular complexity index is 969. The maximum absolute atomic E-state index is 12.4. The fourth-order valence-corrected chi connectivity index (χ4v) is 3.23. The van der Waals surface area contributed by atoms with Crippen molar-refractivity contribution < 1.29 is 9.59 Å². The van der Waals surface area contributed by atoms with Crippen LogP contribution in [0.3, 0.4) is 0 Å². The number of hydrogen-bond donors (Lipinski definition) is 1. The highest BCUT2D eigenvalue weighted by Crippen LogP contribution is 2.20. The molecule has 0 spiro atoms. The molecule has 1 N–H and O–H groups in total. The summed E-state index contributed by atoms with van der Waals surface area (Å²) in [6.45, 7) is 1.92. The molecule has 0 aliphatic rings. The summed E-state index contributed by atoms with van der Waals surface area (Å²) < 4.78 is 2.71. The molecule has 0 bridgehead atoms. The number of nitrogens with zero attached hydrogens (tertiary/aromatic N) is 3. The van der Waals surface area contributed by atoms with Gasteiger partial charge in [-0.1, -0.05) is 28.1 Å². The average Bonchev–Trinajstić information content (AvgIpc) is 3.19. The molecule has 1 aromatic heterocycles. The molecule has 3 rings (SSSR count). The van der Waals surface area contributed by atoms with Gasteiger partial charge in [0.25, 0.3) is 0 Å². The number of aryl methyl sites for hydroxylation is 1. The molecule has 7 heteroatoms. The van der Waals surface area contributed by atoms with Crippen molar-refractivity contribution in [3.63, 3.8) is 0 Å². The molecule has 0 atom stereocenters. The number of rotatable bonds is 6. The Labute approximate surface area is 172 Å². The minimum atomic E-state index is -0.227. The van der Waals surface area contributed by atoms with Crippen molar-refractivity contribution in [1.29, 1.82) is 0 Å². The Kier molecular flexibility index (Phi) is 6.26. The van der Waals surface area contributed by atoms with Crippen LogP contribution >= 0.6 is 15.9 Å². The molecule has 0 aliphatic carbocycles. The average molecular weight is 441 g/mol. The summed E-state index contributed by atoms with van der Waals surface area (Å²) in [6, 6.07) is 15.1. The monoisotopic (exact) mass is 440 g/mol. The summed E-state index contributed by atoms with van der Waals surface area (Å²) in [5.74, 6) is -0.343. The van der Waals surface area contributed by atoms with Crippen LogP contribution in [0, 0.1) is 6.92 Å². The molecule has 144 valence electrons. The summed E-state index contributed by atoms with van der Waals surface area (Å²) >= 11 is 3.40. The van der Waals surface area contributed by atoms with Crippen molar-refractivity contribution in [1.82, 2.24) is 14.7 Å². The van der Waals surface area contributed by atoms with E-state index in [-0.39, 0.29) is 24.8 Å². The molecule has 1 heterocycles. The number of anilines is 1. The smallest absolute Gasteiger partial charge is 0.243 e. The first-order valence-electron chi connectivity index (χ1n) is 8.81. The Morgan fingerprint density at radius 2 is 1.93 bits per heavy atom. The zero-order valence-electron chi connectivity index (χ0n) is 15.7. The third-order valence-corrected chi connectivity index (χ3v) is 4.82. The quantitative estimate of drug-likeness (QED) is 0.636. The first-order valence-corrected chi connectivity index (χ1v) is 9.60. The largest absolute Gasteiger partial charge is 0.336 e. The van der Waals surface area contributed by atoms with Gasteiger partial charge in [-0.3, -0.25) is 9.59 Å². The maximum Gasteiger partial charge on any atom is 0.243 e. The van der Waals surface area contributed by atoms with Gasteiger partial charge in [0.2, 0.25) is 11.8 Å². The highest BCUT2D eigenvalue weighted by molar-refractivity contribution is 9.10. The lowest BCUT2D eigenvalue weighted by Crippen LogP contribution is -2.35. The summed E-state index contributed by atoms with van der Waals surface area (Å²) in [5, 5.41) is 7.02. The van der Waals surface area contributed by atoms with Gasteiger partial charge in [0.15, 0.2) is 0 Å². The highest BCUT2D eigenvalue weighted by Gasteiger charge is 2.14. The second-order valence-corrected chi connectivity index (χ2v) is 7.47. The third kappa shape index (κ3) is 5.07. The summed E-state index contributed by atoms with van der Waals surface area (Å²) in [6.07, 6.45) is 3.81. The number of benzene rings is 2. The van der Waals surface area contributed by atoms with Gasteiger partial charge >= 0.3 is 0 Å². The molecule has 0 aliphatic heterocycles. The Hall–Kier alpha value is -2.93. The number of hydrogen-bond acceptors (Lipinski definition) is 3. The molecule has 28 heavy (non-hydrogen) atoms. The normalized spacial score (nSPS) is 10.5. The predicted molar refractivity (Wildman–Crippen MR) is 112 cm³/mol. The molecule has 0 saturated heterocycles. The van der Waals surface area contributed by atoms with Crippen LogP contribution in [-0.4, -0.2) is 40.1 Å². The number of likely N-dealkylation sites (N-methyl/N-ethyl adjacent to an activating group) is 1. The maximum atomic E-state index is 12.4. The fourth-order valence-electron chi connectivity index (χ4n) is 2.76. The van der Waals surface area contributed by atoms with E-state index in [1.807, 2.05) is 61.7 Å². The zero-order valence-corrected chi connectivity index (χ0v) is 17.3. The van der Waals surface area contributed by atoms with E-state index in [4.69, 9.17) is 0 Å². The molecule has 0 saturated carbocycles. The number of aromatic nitrogens is 2. The van der Waals surface area contributed by atoms with E-state index in [0.29, 0.717) is 0 Å². The summed E-state index contributed by atoms with van der Waals surface area (Å²) in [5.41, 5.74) is 3.51. The number of amides is 2. The minimum Gasteiger partial charge on any atom is -0.336 e. The molecule has 6 nitrogen and oxygen atoms in total. The number of halogens is 1. The van der Waals surface area contributed by atoms with E-state index in [2.05, 4.69) is 26.3 Å². The Morgan fingerprint density at radius 3 is 2.57 bits per heavy atom. The van der Waals surface area contributed by atoms with Crippen LogP contribution in [0.1, 0.15) is 11.1 Å². The molecule has 2 amide bonds. The van der Waals surface area contributed by atoms with Crippen LogP contribution in [0.25, 0.3) is 5.69 Å². The minimum absolute atomic E-state index is 0.000290. The van der Waals surface area contributed by atoms with Crippen molar-refractivity contribution in [2.75, 3.05) is 18.9 Å². The van der Waals surface area contributed by atoms with Crippen LogP contribution in [-0.2, 0) is 16.0 Å². The predicted octanol–water partition coefficient (Wildman–Crippen LogP) is 3.58. The first kappa shape index (κ1) is 19.8. The second kappa shape index (κ2) is 8.84. The molecule has 0 radical (unpaired) electrons. The number of carbonyl (C=O) groups excluding carboxylic acids is 2. The molecule has 0 unspecified atom stereocenters. The Balaban J connectivity index is 1.54. The molecule has 3 aromatic rings. The van der Waals surface area contributed by atoms with Crippen LogP contribution in [0.15, 0.2) is 65.4 Å². The van der Waals surface area contributed by atoms with E-state index < -0.39 is 0 Å². The van der Waals surface area contributed by atoms with Crippen molar-refractivity contribution in [2.45, 2.75) is 13.3 Å². The van der Waals surface area contributed by atoms with Gasteiger partial charge in [0, 0.05) is 29.6 Å². The lowest BCUT2D eigenvalue weighted by atomic mass is 10.1. The summed E-state index contributed by atoms with van der Waals surface area (Å²) in [7, 11) is 1.63. The van der Waals surface area contributed by atoms with Crippen LogP contribution in [0.4, 0.5) is 5.69 Å². The first-order chi connectivity index (χ1) is 13.4. The lowest BCUT2D eigenvalue weighted by molar-refractivity contribution is -0.132. The van der Waals surface area contributed by atoms with Gasteiger partial charge < -0.3 is 10.2 Å². The van der Waals surface area contributed by atoms with Gasteiger partial charge in [-0.05, 0) is 54.4 Å². The van der Waals surface area contributed by atoms with Gasteiger partial charge in [0.05, 0.1) is 18.7 Å². The van der Waals surface area contributed by atoms with Crippen molar-refractivity contribution >= 4 is 33.4 Å². The molecular weight excluding hydrogens is 420 g/mol. The standard InChI is InChI=1S/C21H21BrN4O2/c1-15-12-17(22)6-9-19(15)24-20(27)14-25(2)21(28)13-16-4-7-18(8-5-16)26-11-3-10-23-26/h3-12H,13-14H2,1-2H3,(H,24,27). The Morgan fingerprint density at radius 1 is 1.18 bits per heavy atom. The van der Waals surface area contributed by atoms with Gasteiger partial charge in [-0.15, -0.1) is 0 Å². The van der Waals surface area contributed by atoms with Gasteiger partial charge in [-0.2, -0.15) is 5.10 Å². The molecular formula is C21H21BrN4O2. The van der Waals surface area contributed by atoms with E-state index in [1.165, 1.54) is 4.90 Å². The number of nitrogens with one attached hydrogen (secondary N) is 1. The lowest BCUT2D eigenvalue weighted by Gasteiger charge is -2.17. The van der Waals surface area contributed by atoms with Crippen molar-refractivity contribution in [3.05, 3.63) is 76.5 Å². The number of carbonyl (C=O) groups is 2. The van der Waals surface area contributed by atoms with E-state index >= 15 is 0 Å².